The lowest BCUT2D eigenvalue weighted by molar-refractivity contribution is -0.140. The van der Waals surface area contributed by atoms with Gasteiger partial charge in [0.2, 0.25) is 10.0 Å². The molecule has 0 saturated carbocycles. The molecule has 0 heterocycles. The Morgan fingerprint density at radius 3 is 2.32 bits per heavy atom. The second-order valence-electron chi connectivity index (χ2n) is 4.58. The van der Waals surface area contributed by atoms with Gasteiger partial charge in [0.25, 0.3) is 0 Å². The maximum absolute atomic E-state index is 12.0. The molecule has 0 rings (SSSR count). The molecule has 0 bridgehead atoms. The highest BCUT2D eigenvalue weighted by molar-refractivity contribution is 7.89. The first-order chi connectivity index (χ1) is 8.69. The zero-order valence-electron chi connectivity index (χ0n) is 11.5. The van der Waals surface area contributed by atoms with E-state index in [4.69, 9.17) is 5.11 Å². The van der Waals surface area contributed by atoms with Gasteiger partial charge in [-0.1, -0.05) is 13.8 Å². The number of carboxylic acids is 1. The first kappa shape index (κ1) is 17.8. The minimum atomic E-state index is -3.67. The summed E-state index contributed by atoms with van der Waals surface area (Å²) in [6.45, 7) is 3.20. The summed E-state index contributed by atoms with van der Waals surface area (Å²) in [6.07, 6.45) is 0.113. The van der Waals surface area contributed by atoms with Crippen molar-refractivity contribution in [3.05, 3.63) is 0 Å². The van der Waals surface area contributed by atoms with Crippen LogP contribution in [-0.2, 0) is 24.3 Å². The molecule has 0 atom stereocenters. The minimum absolute atomic E-state index is 0.00167. The Morgan fingerprint density at radius 1 is 1.32 bits per heavy atom. The fourth-order valence-corrected chi connectivity index (χ4v) is 3.06. The Kier molecular flexibility index (Phi) is 7.62. The molecule has 0 fully saturated rings. The molecule has 0 unspecified atom stereocenters. The van der Waals surface area contributed by atoms with E-state index in [9.17, 15) is 18.0 Å². The van der Waals surface area contributed by atoms with Crippen LogP contribution in [0.1, 0.15) is 26.7 Å². The van der Waals surface area contributed by atoms with Crippen molar-refractivity contribution in [3.8, 4) is 0 Å². The summed E-state index contributed by atoms with van der Waals surface area (Å²) >= 11 is 0. The number of hydrogen-bond acceptors (Lipinski definition) is 5. The molecule has 0 spiro atoms. The van der Waals surface area contributed by atoms with Crippen LogP contribution in [0.4, 0.5) is 0 Å². The highest BCUT2D eigenvalue weighted by atomic mass is 32.2. The third kappa shape index (κ3) is 7.78. The largest absolute Gasteiger partial charge is 0.480 e. The molecule has 0 aliphatic rings. The van der Waals surface area contributed by atoms with E-state index in [0.29, 0.717) is 0 Å². The SMILES string of the molecule is COC(=O)CCCS(=O)(=O)N(CC(=O)O)CC(C)C. The van der Waals surface area contributed by atoms with Crippen LogP contribution in [0.25, 0.3) is 0 Å². The Labute approximate surface area is 113 Å². The maximum atomic E-state index is 12.0. The predicted molar refractivity (Wildman–Crippen MR) is 69.1 cm³/mol. The molecule has 19 heavy (non-hydrogen) atoms. The van der Waals surface area contributed by atoms with Crippen molar-refractivity contribution in [1.82, 2.24) is 4.31 Å². The van der Waals surface area contributed by atoms with E-state index in [-0.39, 0.29) is 31.1 Å². The number of nitrogens with zero attached hydrogens (tertiary/aromatic N) is 1. The molecule has 0 amide bonds. The molecule has 8 heteroatoms. The van der Waals surface area contributed by atoms with E-state index in [1.165, 1.54) is 7.11 Å². The quantitative estimate of drug-likeness (QED) is 0.614. The Morgan fingerprint density at radius 2 is 1.89 bits per heavy atom. The van der Waals surface area contributed by atoms with Gasteiger partial charge in [0.1, 0.15) is 6.54 Å². The van der Waals surface area contributed by atoms with E-state index in [2.05, 4.69) is 4.74 Å². The van der Waals surface area contributed by atoms with Gasteiger partial charge in [-0.25, -0.2) is 8.42 Å². The van der Waals surface area contributed by atoms with E-state index in [1.807, 2.05) is 0 Å². The molecule has 0 aliphatic heterocycles. The van der Waals surface area contributed by atoms with Gasteiger partial charge in [-0.3, -0.25) is 9.59 Å². The minimum Gasteiger partial charge on any atom is -0.480 e. The van der Waals surface area contributed by atoms with Crippen LogP contribution in [0.15, 0.2) is 0 Å². The van der Waals surface area contributed by atoms with Crippen molar-refractivity contribution in [1.29, 1.82) is 0 Å². The van der Waals surface area contributed by atoms with Crippen molar-refractivity contribution >= 4 is 22.0 Å². The lowest BCUT2D eigenvalue weighted by Gasteiger charge is -2.22. The zero-order chi connectivity index (χ0) is 15.1. The number of carbonyl (C=O) groups excluding carboxylic acids is 1. The van der Waals surface area contributed by atoms with Gasteiger partial charge in [0.05, 0.1) is 12.9 Å². The van der Waals surface area contributed by atoms with E-state index in [0.717, 1.165) is 4.31 Å². The second kappa shape index (κ2) is 8.11. The van der Waals surface area contributed by atoms with Gasteiger partial charge in [-0.05, 0) is 12.3 Å². The van der Waals surface area contributed by atoms with Crippen LogP contribution >= 0.6 is 0 Å². The number of sulfonamides is 1. The maximum Gasteiger partial charge on any atom is 0.318 e. The molecule has 0 radical (unpaired) electrons. The molecule has 0 saturated heterocycles. The van der Waals surface area contributed by atoms with Gasteiger partial charge in [0.15, 0.2) is 0 Å². The predicted octanol–water partition coefficient (Wildman–Crippen LogP) is 0.312. The Bertz CT molecular complexity index is 403. The molecular weight excluding hydrogens is 274 g/mol. The molecule has 112 valence electrons. The van der Waals surface area contributed by atoms with Crippen molar-refractivity contribution in [2.24, 2.45) is 5.92 Å². The fourth-order valence-electron chi connectivity index (χ4n) is 1.46. The Balaban J connectivity index is 4.59. The van der Waals surface area contributed by atoms with E-state index >= 15 is 0 Å². The average molecular weight is 295 g/mol. The molecule has 0 aromatic heterocycles. The number of aliphatic carboxylic acids is 1. The average Bonchev–Trinajstić information content (AvgIpc) is 2.26. The summed E-state index contributed by atoms with van der Waals surface area (Å²) in [4.78, 5) is 21.6. The van der Waals surface area contributed by atoms with Gasteiger partial charge in [0, 0.05) is 13.0 Å². The van der Waals surface area contributed by atoms with Crippen LogP contribution in [-0.4, -0.2) is 55.7 Å². The summed E-state index contributed by atoms with van der Waals surface area (Å²) < 4.78 is 29.3. The smallest absolute Gasteiger partial charge is 0.318 e. The summed E-state index contributed by atoms with van der Waals surface area (Å²) in [7, 11) is -2.44. The first-order valence-corrected chi connectivity index (χ1v) is 7.56. The van der Waals surface area contributed by atoms with Crippen molar-refractivity contribution < 1.29 is 27.9 Å². The van der Waals surface area contributed by atoms with E-state index in [1.54, 1.807) is 13.8 Å². The zero-order valence-corrected chi connectivity index (χ0v) is 12.3. The summed E-state index contributed by atoms with van der Waals surface area (Å²) in [5.41, 5.74) is 0. The number of hydrogen-bond donors (Lipinski definition) is 1. The summed E-state index contributed by atoms with van der Waals surface area (Å²) in [5, 5.41) is 8.73. The van der Waals surface area contributed by atoms with Crippen LogP contribution in [0.3, 0.4) is 0 Å². The number of carboxylic acid groups (broad SMARTS) is 1. The fraction of sp³-hybridized carbons (Fsp3) is 0.818. The topological polar surface area (TPSA) is 101 Å². The third-order valence-electron chi connectivity index (χ3n) is 2.28. The standard InChI is InChI=1S/C11H21NO6S/c1-9(2)7-12(8-10(13)14)19(16,17)6-4-5-11(15)18-3/h9H,4-8H2,1-3H3,(H,13,14). The number of rotatable bonds is 9. The van der Waals surface area contributed by atoms with Gasteiger partial charge < -0.3 is 9.84 Å². The number of esters is 1. The van der Waals surface area contributed by atoms with Crippen molar-refractivity contribution in [3.63, 3.8) is 0 Å². The van der Waals surface area contributed by atoms with Gasteiger partial charge >= 0.3 is 11.9 Å². The first-order valence-electron chi connectivity index (χ1n) is 5.95. The monoisotopic (exact) mass is 295 g/mol. The molecule has 1 N–H and O–H groups in total. The number of methoxy groups -OCH3 is 1. The normalized spacial score (nSPS) is 11.8. The summed E-state index contributed by atoms with van der Waals surface area (Å²) in [6, 6.07) is 0. The van der Waals surface area contributed by atoms with Crippen LogP contribution in [0.2, 0.25) is 0 Å². The van der Waals surface area contributed by atoms with Crippen LogP contribution in [0, 0.1) is 5.92 Å². The Hall–Kier alpha value is -1.15. The molecule has 0 aliphatic carbocycles. The van der Waals surface area contributed by atoms with Crippen LogP contribution < -0.4 is 0 Å². The van der Waals surface area contributed by atoms with E-state index < -0.39 is 28.5 Å². The van der Waals surface area contributed by atoms with Crippen molar-refractivity contribution in [2.75, 3.05) is 26.0 Å². The van der Waals surface area contributed by atoms with Gasteiger partial charge in [-0.15, -0.1) is 0 Å². The number of carbonyl (C=O) groups is 2. The molecular formula is C11H21NO6S. The van der Waals surface area contributed by atoms with Gasteiger partial charge in [-0.2, -0.15) is 4.31 Å². The highest BCUT2D eigenvalue weighted by Gasteiger charge is 2.25. The molecule has 0 aromatic carbocycles. The molecule has 7 nitrogen and oxygen atoms in total. The lowest BCUT2D eigenvalue weighted by Crippen LogP contribution is -2.39. The highest BCUT2D eigenvalue weighted by Crippen LogP contribution is 2.09. The van der Waals surface area contributed by atoms with Crippen LogP contribution in [0.5, 0.6) is 0 Å². The number of ether oxygens (including phenoxy) is 1. The lowest BCUT2D eigenvalue weighted by atomic mass is 10.2. The van der Waals surface area contributed by atoms with Crippen molar-refractivity contribution in [2.45, 2.75) is 26.7 Å². The molecule has 0 aromatic rings. The third-order valence-corrected chi connectivity index (χ3v) is 4.15. The second-order valence-corrected chi connectivity index (χ2v) is 6.66. The summed E-state index contributed by atoms with van der Waals surface area (Å²) in [5.74, 6) is -1.92.